The van der Waals surface area contributed by atoms with Crippen LogP contribution in [-0.2, 0) is 54.0 Å². The molecule has 320 valence electrons. The number of rotatable bonds is 7. The quantitative estimate of drug-likeness (QED) is 0.117. The van der Waals surface area contributed by atoms with Crippen LogP contribution >= 0.6 is 11.6 Å². The SMILES string of the molecule is COC(=O)c1c(C)c2c3c(Cl)ccc2n1CCCOc1cc(cc2cc(F)ccc12)CCc1cc(nn1C)COC(CO[Si](C(C)C)(C(C)C)C(C)C)c1nn(C)c(C)c1-3. The molecule has 0 radical (unpaired) electrons. The van der Waals surface area contributed by atoms with Gasteiger partial charge in [0, 0.05) is 64.5 Å². The number of esters is 1. The van der Waals surface area contributed by atoms with E-state index in [0.29, 0.717) is 77.8 Å². The lowest BCUT2D eigenvalue weighted by Gasteiger charge is -2.42. The molecule has 3 aromatic heterocycles. The number of carbonyl (C=O) groups is 1. The van der Waals surface area contributed by atoms with Gasteiger partial charge in [-0.3, -0.25) is 9.36 Å². The Balaban J connectivity index is 1.42. The topological polar surface area (TPSA) is 94.6 Å². The predicted molar refractivity (Wildman–Crippen MR) is 239 cm³/mol. The molecule has 0 fully saturated rings. The van der Waals surface area contributed by atoms with Gasteiger partial charge in [0.05, 0.1) is 32.6 Å². The first kappa shape index (κ1) is 43.6. The van der Waals surface area contributed by atoms with E-state index in [1.54, 1.807) is 12.1 Å². The molecular weight excluding hydrogens is 797 g/mol. The van der Waals surface area contributed by atoms with Crippen molar-refractivity contribution in [3.63, 3.8) is 0 Å². The molecule has 8 bridgehead atoms. The van der Waals surface area contributed by atoms with Gasteiger partial charge in [-0.25, -0.2) is 9.18 Å². The number of nitrogens with zero attached hydrogens (tertiary/aromatic N) is 5. The molecule has 3 aromatic carbocycles. The molecule has 6 aromatic rings. The third kappa shape index (κ3) is 7.92. The van der Waals surface area contributed by atoms with E-state index in [-0.39, 0.29) is 12.4 Å². The summed E-state index contributed by atoms with van der Waals surface area (Å²) in [5, 5.41) is 13.1. The summed E-state index contributed by atoms with van der Waals surface area (Å²) in [4.78, 5) is 13.7. The summed E-state index contributed by atoms with van der Waals surface area (Å²) in [5.74, 6) is -0.0479. The largest absolute Gasteiger partial charge is 0.493 e. The van der Waals surface area contributed by atoms with Crippen molar-refractivity contribution in [3.8, 4) is 16.9 Å². The van der Waals surface area contributed by atoms with Crippen molar-refractivity contribution in [1.29, 1.82) is 0 Å². The van der Waals surface area contributed by atoms with E-state index in [1.807, 2.05) is 60.1 Å². The van der Waals surface area contributed by atoms with E-state index >= 15 is 0 Å². The summed E-state index contributed by atoms with van der Waals surface area (Å²) in [5.41, 5.74) is 9.26. The lowest BCUT2D eigenvalue weighted by molar-refractivity contribution is -0.000493. The van der Waals surface area contributed by atoms with Gasteiger partial charge in [-0.2, -0.15) is 10.2 Å². The van der Waals surface area contributed by atoms with Crippen molar-refractivity contribution < 1.29 is 27.8 Å². The van der Waals surface area contributed by atoms with Crippen LogP contribution in [0.15, 0.2) is 48.5 Å². The number of fused-ring (bicyclic) bond motifs is 8. The molecule has 0 aliphatic carbocycles. The summed E-state index contributed by atoms with van der Waals surface area (Å²) >= 11 is 7.30. The second kappa shape index (κ2) is 17.5. The van der Waals surface area contributed by atoms with Crippen LogP contribution in [0.4, 0.5) is 4.39 Å². The van der Waals surface area contributed by atoms with Crippen LogP contribution in [0.5, 0.6) is 5.75 Å². The van der Waals surface area contributed by atoms with E-state index < -0.39 is 20.4 Å². The average molecular weight is 857 g/mol. The van der Waals surface area contributed by atoms with Crippen molar-refractivity contribution in [2.75, 3.05) is 20.3 Å². The number of methoxy groups -OCH3 is 1. The monoisotopic (exact) mass is 855 g/mol. The van der Waals surface area contributed by atoms with Gasteiger partial charge < -0.3 is 23.2 Å². The fraction of sp³-hybridized carbons (Fsp3) is 0.468. The van der Waals surface area contributed by atoms with E-state index in [9.17, 15) is 9.18 Å². The van der Waals surface area contributed by atoms with Crippen LogP contribution in [0.2, 0.25) is 21.6 Å². The Morgan fingerprint density at radius 1 is 0.950 bits per heavy atom. The fourth-order valence-corrected chi connectivity index (χ4v) is 15.6. The third-order valence-corrected chi connectivity index (χ3v) is 19.2. The third-order valence-electron chi connectivity index (χ3n) is 12.8. The first-order valence-corrected chi connectivity index (χ1v) is 23.6. The van der Waals surface area contributed by atoms with Crippen molar-refractivity contribution in [3.05, 3.63) is 99.0 Å². The number of carbonyl (C=O) groups excluding carboxylic acids is 1. The standard InChI is InChI=1S/C47H59ClFN5O5Si/c1-27(2)60(28(3)4,29(5)6)59-26-41-45-43(31(8)52(9)51-45)44-38(48)17-18-39-42(44)30(7)46(47(55)56-11)54(39)19-12-20-57-40-22-32(21-33-23-34(49)14-16-37(33)40)13-15-36-24-35(25-58-41)50-53(36)10/h14,16-18,21-24,27-29,41H,12-13,15,19-20,25-26H2,1-11H3. The van der Waals surface area contributed by atoms with E-state index in [0.717, 1.165) is 61.0 Å². The van der Waals surface area contributed by atoms with Gasteiger partial charge in [-0.15, -0.1) is 0 Å². The minimum Gasteiger partial charge on any atom is -0.493 e. The lowest BCUT2D eigenvalue weighted by Crippen LogP contribution is -2.48. The van der Waals surface area contributed by atoms with Gasteiger partial charge >= 0.3 is 5.97 Å². The molecule has 0 amide bonds. The highest BCUT2D eigenvalue weighted by Crippen LogP contribution is 2.46. The van der Waals surface area contributed by atoms with Crippen LogP contribution in [-0.4, -0.2) is 58.7 Å². The number of aryl methyl sites for hydroxylation is 6. The summed E-state index contributed by atoms with van der Waals surface area (Å²) < 4.78 is 46.5. The van der Waals surface area contributed by atoms with Crippen LogP contribution in [0, 0.1) is 19.7 Å². The first-order valence-electron chi connectivity index (χ1n) is 21.1. The maximum atomic E-state index is 14.5. The summed E-state index contributed by atoms with van der Waals surface area (Å²) in [6.07, 6.45) is 1.40. The van der Waals surface area contributed by atoms with Gasteiger partial charge in [0.1, 0.15) is 29.1 Å². The predicted octanol–water partition coefficient (Wildman–Crippen LogP) is 11.1. The van der Waals surface area contributed by atoms with Gasteiger partial charge in [-0.05, 0) is 109 Å². The highest BCUT2D eigenvalue weighted by Gasteiger charge is 2.46. The molecule has 1 atom stereocenters. The molecule has 13 heteroatoms. The van der Waals surface area contributed by atoms with Gasteiger partial charge in [0.25, 0.3) is 0 Å². The second-order valence-corrected chi connectivity index (χ2v) is 23.1. The average Bonchev–Trinajstić information content (AvgIpc) is 3.80. The Kier molecular flexibility index (Phi) is 12.7. The Bertz CT molecular complexity index is 2530. The van der Waals surface area contributed by atoms with Gasteiger partial charge in [0.15, 0.2) is 8.32 Å². The van der Waals surface area contributed by atoms with Crippen LogP contribution < -0.4 is 4.74 Å². The number of hydrogen-bond donors (Lipinski definition) is 0. The minimum absolute atomic E-state index is 0.226. The number of hydrogen-bond acceptors (Lipinski definition) is 7. The Labute approximate surface area is 359 Å². The summed E-state index contributed by atoms with van der Waals surface area (Å²) in [6, 6.07) is 14.8. The van der Waals surface area contributed by atoms with Gasteiger partial charge in [-0.1, -0.05) is 59.2 Å². The zero-order valence-electron chi connectivity index (χ0n) is 36.9. The highest BCUT2D eigenvalue weighted by molar-refractivity contribution is 6.77. The van der Waals surface area contributed by atoms with Crippen molar-refractivity contribution in [2.45, 2.75) is 111 Å². The van der Waals surface area contributed by atoms with Crippen LogP contribution in [0.25, 0.3) is 32.8 Å². The molecular formula is C47H59ClFN5O5Si. The number of ether oxygens (including phenoxy) is 3. The number of benzene rings is 3. The zero-order chi connectivity index (χ0) is 43.2. The lowest BCUT2D eigenvalue weighted by atomic mass is 9.95. The molecule has 10 nitrogen and oxygen atoms in total. The maximum Gasteiger partial charge on any atom is 0.354 e. The second-order valence-electron chi connectivity index (χ2n) is 17.2. The molecule has 1 aliphatic heterocycles. The molecule has 0 saturated heterocycles. The molecule has 4 heterocycles. The molecule has 0 saturated carbocycles. The van der Waals surface area contributed by atoms with E-state index in [2.05, 4.69) is 53.7 Å². The molecule has 1 aliphatic rings. The van der Waals surface area contributed by atoms with Crippen molar-refractivity contribution in [2.24, 2.45) is 14.1 Å². The zero-order valence-corrected chi connectivity index (χ0v) is 38.7. The Morgan fingerprint density at radius 2 is 1.68 bits per heavy atom. The van der Waals surface area contributed by atoms with Crippen molar-refractivity contribution in [1.82, 2.24) is 24.1 Å². The number of aromatic nitrogens is 5. The first-order chi connectivity index (χ1) is 28.6. The maximum absolute atomic E-state index is 14.5. The molecule has 1 unspecified atom stereocenters. The van der Waals surface area contributed by atoms with Crippen LogP contribution in [0.1, 0.15) is 98.5 Å². The Morgan fingerprint density at radius 3 is 2.38 bits per heavy atom. The van der Waals surface area contributed by atoms with Crippen molar-refractivity contribution >= 4 is 47.6 Å². The normalized spacial score (nSPS) is 15.6. The summed E-state index contributed by atoms with van der Waals surface area (Å²) in [7, 11) is 2.95. The van der Waals surface area contributed by atoms with Crippen LogP contribution in [0.3, 0.4) is 0 Å². The number of halogens is 2. The molecule has 60 heavy (non-hydrogen) atoms. The minimum atomic E-state index is -2.34. The highest BCUT2D eigenvalue weighted by atomic mass is 35.5. The van der Waals surface area contributed by atoms with E-state index in [4.69, 9.17) is 40.4 Å². The molecule has 0 spiro atoms. The molecule has 0 N–H and O–H groups in total. The smallest absolute Gasteiger partial charge is 0.354 e. The summed E-state index contributed by atoms with van der Waals surface area (Å²) in [6.45, 7) is 19.0. The fourth-order valence-electron chi connectivity index (χ4n) is 9.91. The molecule has 7 rings (SSSR count). The van der Waals surface area contributed by atoms with E-state index in [1.165, 1.54) is 13.2 Å². The Hall–Kier alpha value is -4.49. The van der Waals surface area contributed by atoms with Gasteiger partial charge in [0.2, 0.25) is 0 Å².